The molecule has 0 saturated carbocycles. The zero-order chi connectivity index (χ0) is 16.4. The third kappa shape index (κ3) is 3.21. The lowest BCUT2D eigenvalue weighted by Crippen LogP contribution is -2.00. The maximum Gasteiger partial charge on any atom is 0.289 e. The number of nitrogens with zero attached hydrogens (tertiary/aromatic N) is 2. The first-order valence-electron chi connectivity index (χ1n) is 6.64. The molecule has 0 aliphatic heterocycles. The van der Waals surface area contributed by atoms with Gasteiger partial charge in [0.2, 0.25) is 0 Å². The highest BCUT2D eigenvalue weighted by Crippen LogP contribution is 2.33. The molecular formula is C16H10Cl2N2O3. The fraction of sp³-hybridized carbons (Fsp3) is 0.0625. The van der Waals surface area contributed by atoms with Crippen molar-refractivity contribution in [2.24, 2.45) is 0 Å². The molecule has 0 fully saturated rings. The number of hydrogen-bond acceptors (Lipinski definition) is 4. The van der Waals surface area contributed by atoms with Crippen molar-refractivity contribution in [3.8, 4) is 5.75 Å². The summed E-state index contributed by atoms with van der Waals surface area (Å²) in [6.07, 6.45) is 3.41. The summed E-state index contributed by atoms with van der Waals surface area (Å²) in [5.74, 6) is 0.642. The van der Waals surface area contributed by atoms with Crippen molar-refractivity contribution in [1.29, 1.82) is 0 Å². The van der Waals surface area contributed by atoms with E-state index in [4.69, 9.17) is 27.9 Å². The maximum absolute atomic E-state index is 11.0. The average Bonchev–Trinajstić information content (AvgIpc) is 2.55. The third-order valence-corrected chi connectivity index (χ3v) is 3.97. The van der Waals surface area contributed by atoms with Crippen LogP contribution in [0, 0.1) is 10.1 Å². The van der Waals surface area contributed by atoms with Gasteiger partial charge in [0, 0.05) is 39.8 Å². The molecule has 5 nitrogen and oxygen atoms in total. The van der Waals surface area contributed by atoms with E-state index in [1.54, 1.807) is 18.5 Å². The van der Waals surface area contributed by atoms with Crippen LogP contribution < -0.4 is 4.74 Å². The molecule has 3 aromatic rings. The lowest BCUT2D eigenvalue weighted by atomic mass is 10.1. The fourth-order valence-corrected chi connectivity index (χ4v) is 2.71. The number of benzene rings is 2. The van der Waals surface area contributed by atoms with Crippen LogP contribution >= 0.6 is 23.2 Å². The molecule has 0 bridgehead atoms. The number of pyridine rings is 1. The van der Waals surface area contributed by atoms with E-state index in [2.05, 4.69) is 4.98 Å². The van der Waals surface area contributed by atoms with Crippen LogP contribution in [0.4, 0.5) is 5.69 Å². The lowest BCUT2D eigenvalue weighted by Gasteiger charge is -2.10. The molecule has 0 spiro atoms. The lowest BCUT2D eigenvalue weighted by molar-refractivity contribution is -0.384. The Morgan fingerprint density at radius 1 is 1.22 bits per heavy atom. The first-order valence-corrected chi connectivity index (χ1v) is 7.39. The van der Waals surface area contributed by atoms with Crippen LogP contribution in [0.5, 0.6) is 5.75 Å². The Hall–Kier alpha value is -2.37. The summed E-state index contributed by atoms with van der Waals surface area (Å²) in [5.41, 5.74) is 0.219. The van der Waals surface area contributed by atoms with Gasteiger partial charge in [-0.2, -0.15) is 0 Å². The number of halogens is 2. The first-order chi connectivity index (χ1) is 11.1. The van der Waals surface area contributed by atoms with Crippen molar-refractivity contribution in [3.63, 3.8) is 0 Å². The molecule has 1 heterocycles. The Labute approximate surface area is 141 Å². The van der Waals surface area contributed by atoms with E-state index in [1.165, 1.54) is 6.07 Å². The molecule has 0 unspecified atom stereocenters. The monoisotopic (exact) mass is 348 g/mol. The Morgan fingerprint density at radius 3 is 2.83 bits per heavy atom. The summed E-state index contributed by atoms with van der Waals surface area (Å²) in [7, 11) is 0. The van der Waals surface area contributed by atoms with E-state index in [0.717, 1.165) is 10.8 Å². The number of nitro benzene ring substituents is 1. The van der Waals surface area contributed by atoms with Crippen molar-refractivity contribution in [2.45, 2.75) is 6.61 Å². The number of aromatic nitrogens is 1. The minimum atomic E-state index is -0.568. The van der Waals surface area contributed by atoms with Crippen LogP contribution in [-0.2, 0) is 6.61 Å². The normalized spacial score (nSPS) is 10.7. The molecule has 0 amide bonds. The highest BCUT2D eigenvalue weighted by Gasteiger charge is 2.18. The number of ether oxygens (including phenoxy) is 1. The van der Waals surface area contributed by atoms with Crippen LogP contribution in [0.2, 0.25) is 10.0 Å². The molecule has 0 radical (unpaired) electrons. The predicted octanol–water partition coefficient (Wildman–Crippen LogP) is 5.03. The standard InChI is InChI=1S/C16H10Cl2N2O3/c17-12-6-11(16(18)14(7-12)20(21)22)9-23-15-3-1-2-10-8-19-5-4-13(10)15/h1-8H,9H2. The highest BCUT2D eigenvalue weighted by molar-refractivity contribution is 6.35. The van der Waals surface area contributed by atoms with E-state index in [-0.39, 0.29) is 22.3 Å². The van der Waals surface area contributed by atoms with Crippen molar-refractivity contribution in [2.75, 3.05) is 0 Å². The van der Waals surface area contributed by atoms with Crippen LogP contribution in [0.25, 0.3) is 10.8 Å². The fourth-order valence-electron chi connectivity index (χ4n) is 2.24. The Balaban J connectivity index is 1.93. The highest BCUT2D eigenvalue weighted by atomic mass is 35.5. The van der Waals surface area contributed by atoms with Gasteiger partial charge in [-0.25, -0.2) is 0 Å². The summed E-state index contributed by atoms with van der Waals surface area (Å²) in [6.45, 7) is 0.0711. The first kappa shape index (κ1) is 15.5. The van der Waals surface area contributed by atoms with Crippen LogP contribution in [-0.4, -0.2) is 9.91 Å². The van der Waals surface area contributed by atoms with Gasteiger partial charge in [-0.1, -0.05) is 35.3 Å². The minimum Gasteiger partial charge on any atom is -0.488 e. The van der Waals surface area contributed by atoms with Crippen molar-refractivity contribution >= 4 is 39.7 Å². The second-order valence-electron chi connectivity index (χ2n) is 4.80. The average molecular weight is 349 g/mol. The van der Waals surface area contributed by atoms with Gasteiger partial charge in [0.05, 0.1) is 4.92 Å². The van der Waals surface area contributed by atoms with Gasteiger partial charge in [-0.15, -0.1) is 0 Å². The molecular weight excluding hydrogens is 339 g/mol. The molecule has 7 heteroatoms. The van der Waals surface area contributed by atoms with Crippen LogP contribution in [0.3, 0.4) is 0 Å². The maximum atomic E-state index is 11.0. The number of nitro groups is 1. The zero-order valence-electron chi connectivity index (χ0n) is 11.7. The molecule has 1 aromatic heterocycles. The molecule has 3 rings (SSSR count). The molecule has 23 heavy (non-hydrogen) atoms. The van der Waals surface area contributed by atoms with Gasteiger partial charge in [0.1, 0.15) is 17.4 Å². The number of hydrogen-bond donors (Lipinski definition) is 0. The second-order valence-corrected chi connectivity index (χ2v) is 5.61. The zero-order valence-corrected chi connectivity index (χ0v) is 13.2. The van der Waals surface area contributed by atoms with E-state index in [0.29, 0.717) is 11.3 Å². The van der Waals surface area contributed by atoms with Crippen LogP contribution in [0.1, 0.15) is 5.56 Å². The van der Waals surface area contributed by atoms with Gasteiger partial charge < -0.3 is 4.74 Å². The predicted molar refractivity (Wildman–Crippen MR) is 89.2 cm³/mol. The van der Waals surface area contributed by atoms with Gasteiger partial charge in [-0.3, -0.25) is 15.1 Å². The van der Waals surface area contributed by atoms with Crippen molar-refractivity contribution in [1.82, 2.24) is 4.98 Å². The Morgan fingerprint density at radius 2 is 2.04 bits per heavy atom. The van der Waals surface area contributed by atoms with E-state index in [9.17, 15) is 10.1 Å². The molecule has 116 valence electrons. The van der Waals surface area contributed by atoms with Crippen molar-refractivity contribution < 1.29 is 9.66 Å². The summed E-state index contributed by atoms with van der Waals surface area (Å²) in [5, 5.41) is 13.1. The van der Waals surface area contributed by atoms with E-state index in [1.807, 2.05) is 24.3 Å². The molecule has 2 aromatic carbocycles. The SMILES string of the molecule is O=[N+]([O-])c1cc(Cl)cc(COc2cccc3cnccc23)c1Cl. The van der Waals surface area contributed by atoms with E-state index < -0.39 is 4.92 Å². The molecule has 0 N–H and O–H groups in total. The summed E-state index contributed by atoms with van der Waals surface area (Å²) in [6, 6.07) is 10.2. The third-order valence-electron chi connectivity index (χ3n) is 3.31. The quantitative estimate of drug-likeness (QED) is 0.489. The second kappa shape index (κ2) is 6.40. The molecule has 0 aliphatic carbocycles. The Kier molecular flexibility index (Phi) is 4.32. The smallest absolute Gasteiger partial charge is 0.289 e. The van der Waals surface area contributed by atoms with Gasteiger partial charge in [0.25, 0.3) is 5.69 Å². The molecule has 0 aliphatic rings. The summed E-state index contributed by atoms with van der Waals surface area (Å²) < 4.78 is 5.78. The largest absolute Gasteiger partial charge is 0.488 e. The van der Waals surface area contributed by atoms with E-state index >= 15 is 0 Å². The molecule has 0 atom stereocenters. The van der Waals surface area contributed by atoms with Gasteiger partial charge >= 0.3 is 0 Å². The summed E-state index contributed by atoms with van der Waals surface area (Å²) in [4.78, 5) is 14.5. The minimum absolute atomic E-state index is 0.0290. The molecule has 0 saturated heterocycles. The van der Waals surface area contributed by atoms with Gasteiger partial charge in [-0.05, 0) is 18.2 Å². The Bertz CT molecular complexity index is 894. The topological polar surface area (TPSA) is 65.3 Å². The van der Waals surface area contributed by atoms with Crippen molar-refractivity contribution in [3.05, 3.63) is 74.5 Å². The number of fused-ring (bicyclic) bond motifs is 1. The van der Waals surface area contributed by atoms with Gasteiger partial charge in [0.15, 0.2) is 0 Å². The number of rotatable bonds is 4. The summed E-state index contributed by atoms with van der Waals surface area (Å²) >= 11 is 12.0. The van der Waals surface area contributed by atoms with Crippen LogP contribution in [0.15, 0.2) is 48.8 Å².